The van der Waals surface area contributed by atoms with Gasteiger partial charge in [-0.3, -0.25) is 10.1 Å². The Bertz CT molecular complexity index is 804. The van der Waals surface area contributed by atoms with Gasteiger partial charge >= 0.3 is 6.03 Å². The topological polar surface area (TPSA) is 88.0 Å². The van der Waals surface area contributed by atoms with Gasteiger partial charge in [-0.2, -0.15) is 0 Å². The lowest BCUT2D eigenvalue weighted by Crippen LogP contribution is -2.36. The lowest BCUT2D eigenvalue weighted by molar-refractivity contribution is -0.383. The number of ether oxygens (including phenoxy) is 1. The average Bonchev–Trinajstić information content (AvgIpc) is 2.69. The quantitative estimate of drug-likeness (QED) is 0.645. The Labute approximate surface area is 157 Å². The van der Waals surface area contributed by atoms with Gasteiger partial charge < -0.3 is 19.9 Å². The molecule has 8 nitrogen and oxygen atoms in total. The summed E-state index contributed by atoms with van der Waals surface area (Å²) >= 11 is 0. The number of nitrogens with one attached hydrogen (secondary N) is 1. The van der Waals surface area contributed by atoms with Crippen LogP contribution in [0.1, 0.15) is 5.56 Å². The molecule has 2 amide bonds. The van der Waals surface area contributed by atoms with Crippen LogP contribution < -0.4 is 10.2 Å². The van der Waals surface area contributed by atoms with Crippen molar-refractivity contribution < 1.29 is 14.5 Å². The molecular formula is C19H22N4O4. The standard InChI is InChI=1S/C19H22N4O4/c1-21(19(24)20-17-4-2-3-5-18(17)23(25)26)14-15-6-8-16(9-7-15)22-10-12-27-13-11-22/h2-9H,10-14H2,1H3,(H,20,24). The van der Waals surface area contributed by atoms with E-state index in [1.165, 1.54) is 17.0 Å². The summed E-state index contributed by atoms with van der Waals surface area (Å²) in [6.07, 6.45) is 0. The summed E-state index contributed by atoms with van der Waals surface area (Å²) in [5.74, 6) is 0. The molecule has 0 aliphatic carbocycles. The third-order valence-electron chi connectivity index (χ3n) is 4.42. The van der Waals surface area contributed by atoms with Crippen molar-refractivity contribution in [3.8, 4) is 0 Å². The number of carbonyl (C=O) groups excluding carboxylic acids is 1. The maximum Gasteiger partial charge on any atom is 0.322 e. The van der Waals surface area contributed by atoms with Crippen LogP contribution in [0.15, 0.2) is 48.5 Å². The molecule has 1 N–H and O–H groups in total. The fourth-order valence-electron chi connectivity index (χ4n) is 2.93. The number of amides is 2. The van der Waals surface area contributed by atoms with E-state index in [4.69, 9.17) is 4.74 Å². The van der Waals surface area contributed by atoms with Crippen molar-refractivity contribution in [1.82, 2.24) is 4.90 Å². The van der Waals surface area contributed by atoms with E-state index in [1.54, 1.807) is 19.2 Å². The summed E-state index contributed by atoms with van der Waals surface area (Å²) in [5.41, 5.74) is 2.16. The molecule has 0 unspecified atom stereocenters. The second-order valence-electron chi connectivity index (χ2n) is 6.33. The molecule has 27 heavy (non-hydrogen) atoms. The second-order valence-corrected chi connectivity index (χ2v) is 6.33. The van der Waals surface area contributed by atoms with Crippen LogP contribution in [0.25, 0.3) is 0 Å². The van der Waals surface area contributed by atoms with Crippen LogP contribution >= 0.6 is 0 Å². The van der Waals surface area contributed by atoms with E-state index in [2.05, 4.69) is 10.2 Å². The predicted octanol–water partition coefficient (Wildman–Crippen LogP) is 3.10. The number of urea groups is 1. The number of nitro groups is 1. The first-order chi connectivity index (χ1) is 13.0. The molecule has 0 aromatic heterocycles. The molecule has 3 rings (SSSR count). The fraction of sp³-hybridized carbons (Fsp3) is 0.316. The highest BCUT2D eigenvalue weighted by Crippen LogP contribution is 2.23. The SMILES string of the molecule is CN(Cc1ccc(N2CCOCC2)cc1)C(=O)Nc1ccccc1[N+](=O)[O-]. The Kier molecular flexibility index (Phi) is 5.87. The zero-order chi connectivity index (χ0) is 19.2. The highest BCUT2D eigenvalue weighted by molar-refractivity contribution is 5.91. The molecular weight excluding hydrogens is 348 g/mol. The number of carbonyl (C=O) groups is 1. The maximum absolute atomic E-state index is 12.4. The monoisotopic (exact) mass is 370 g/mol. The first-order valence-corrected chi connectivity index (χ1v) is 8.72. The zero-order valence-electron chi connectivity index (χ0n) is 15.1. The zero-order valence-corrected chi connectivity index (χ0v) is 15.1. The molecule has 0 radical (unpaired) electrons. The van der Waals surface area contributed by atoms with Gasteiger partial charge in [0.15, 0.2) is 0 Å². The molecule has 2 aromatic carbocycles. The molecule has 2 aromatic rings. The highest BCUT2D eigenvalue weighted by atomic mass is 16.6. The second kappa shape index (κ2) is 8.50. The number of nitro benzene ring substituents is 1. The number of anilines is 2. The van der Waals surface area contributed by atoms with Gasteiger partial charge in [-0.1, -0.05) is 24.3 Å². The van der Waals surface area contributed by atoms with Crippen LogP contribution in [-0.2, 0) is 11.3 Å². The largest absolute Gasteiger partial charge is 0.378 e. The normalized spacial score (nSPS) is 13.9. The Balaban J connectivity index is 1.60. The number of hydrogen-bond acceptors (Lipinski definition) is 5. The number of benzene rings is 2. The van der Waals surface area contributed by atoms with Crippen molar-refractivity contribution in [1.29, 1.82) is 0 Å². The molecule has 8 heteroatoms. The molecule has 1 heterocycles. The molecule has 1 fully saturated rings. The number of morpholine rings is 1. The van der Waals surface area contributed by atoms with Gasteiger partial charge in [0, 0.05) is 38.4 Å². The van der Waals surface area contributed by atoms with Gasteiger partial charge in [-0.05, 0) is 23.8 Å². The number of hydrogen-bond donors (Lipinski definition) is 1. The third kappa shape index (κ3) is 4.73. The highest BCUT2D eigenvalue weighted by Gasteiger charge is 2.17. The van der Waals surface area contributed by atoms with Gasteiger partial charge in [0.1, 0.15) is 5.69 Å². The van der Waals surface area contributed by atoms with E-state index >= 15 is 0 Å². The lowest BCUT2D eigenvalue weighted by atomic mass is 10.2. The van der Waals surface area contributed by atoms with Crippen molar-refractivity contribution in [3.05, 3.63) is 64.2 Å². The Morgan fingerprint density at radius 1 is 1.19 bits per heavy atom. The van der Waals surface area contributed by atoms with Gasteiger partial charge in [-0.25, -0.2) is 4.79 Å². The summed E-state index contributed by atoms with van der Waals surface area (Å²) in [5, 5.41) is 13.7. The van der Waals surface area contributed by atoms with Gasteiger partial charge in [0.25, 0.3) is 5.69 Å². The van der Waals surface area contributed by atoms with Crippen LogP contribution in [0.4, 0.5) is 21.9 Å². The van der Waals surface area contributed by atoms with Crippen molar-refractivity contribution >= 4 is 23.1 Å². The minimum atomic E-state index is -0.514. The molecule has 142 valence electrons. The number of nitrogens with zero attached hydrogens (tertiary/aromatic N) is 3. The van der Waals surface area contributed by atoms with Crippen molar-refractivity contribution in [2.75, 3.05) is 43.6 Å². The first-order valence-electron chi connectivity index (χ1n) is 8.72. The first kappa shape index (κ1) is 18.7. The maximum atomic E-state index is 12.4. The summed E-state index contributed by atoms with van der Waals surface area (Å²) in [6, 6.07) is 13.7. The van der Waals surface area contributed by atoms with E-state index in [-0.39, 0.29) is 11.4 Å². The van der Waals surface area contributed by atoms with Crippen LogP contribution in [0, 0.1) is 10.1 Å². The summed E-state index contributed by atoms with van der Waals surface area (Å²) < 4.78 is 5.36. The lowest BCUT2D eigenvalue weighted by Gasteiger charge is -2.29. The van der Waals surface area contributed by atoms with E-state index in [0.29, 0.717) is 6.54 Å². The molecule has 0 saturated carbocycles. The van der Waals surface area contributed by atoms with Crippen LogP contribution in [-0.4, -0.2) is 49.2 Å². The van der Waals surface area contributed by atoms with E-state index < -0.39 is 11.0 Å². The summed E-state index contributed by atoms with van der Waals surface area (Å²) in [4.78, 5) is 26.7. The molecule has 1 aliphatic heterocycles. The average molecular weight is 370 g/mol. The van der Waals surface area contributed by atoms with E-state index in [9.17, 15) is 14.9 Å². The Hall–Kier alpha value is -3.13. The third-order valence-corrected chi connectivity index (χ3v) is 4.42. The van der Waals surface area contributed by atoms with Gasteiger partial charge in [-0.15, -0.1) is 0 Å². The van der Waals surface area contributed by atoms with E-state index in [1.807, 2.05) is 24.3 Å². The molecule has 1 aliphatic rings. The molecule has 0 bridgehead atoms. The van der Waals surface area contributed by atoms with Crippen molar-refractivity contribution in [3.63, 3.8) is 0 Å². The van der Waals surface area contributed by atoms with Crippen LogP contribution in [0.3, 0.4) is 0 Å². The van der Waals surface area contributed by atoms with Crippen molar-refractivity contribution in [2.24, 2.45) is 0 Å². The van der Waals surface area contributed by atoms with Gasteiger partial charge in [0.2, 0.25) is 0 Å². The number of para-hydroxylation sites is 2. The van der Waals surface area contributed by atoms with Crippen molar-refractivity contribution in [2.45, 2.75) is 6.54 Å². The Morgan fingerprint density at radius 2 is 1.85 bits per heavy atom. The smallest absolute Gasteiger partial charge is 0.322 e. The Morgan fingerprint density at radius 3 is 2.52 bits per heavy atom. The van der Waals surface area contributed by atoms with E-state index in [0.717, 1.165) is 37.6 Å². The minimum absolute atomic E-state index is 0.130. The fourth-order valence-corrected chi connectivity index (χ4v) is 2.93. The van der Waals surface area contributed by atoms with Crippen LogP contribution in [0.5, 0.6) is 0 Å². The predicted molar refractivity (Wildman–Crippen MR) is 103 cm³/mol. The molecule has 0 spiro atoms. The minimum Gasteiger partial charge on any atom is -0.378 e. The molecule has 0 atom stereocenters. The van der Waals surface area contributed by atoms with Gasteiger partial charge in [0.05, 0.1) is 18.1 Å². The van der Waals surface area contributed by atoms with Crippen LogP contribution in [0.2, 0.25) is 0 Å². The summed E-state index contributed by atoms with van der Waals surface area (Å²) in [6.45, 7) is 3.61. The number of rotatable bonds is 5. The molecule has 1 saturated heterocycles. The summed E-state index contributed by atoms with van der Waals surface area (Å²) in [7, 11) is 1.65.